The molecule has 0 saturated heterocycles. The second-order valence-electron chi connectivity index (χ2n) is 7.40. The van der Waals surface area contributed by atoms with Crippen molar-refractivity contribution in [2.75, 3.05) is 23.8 Å². The van der Waals surface area contributed by atoms with Gasteiger partial charge in [0.2, 0.25) is 0 Å². The van der Waals surface area contributed by atoms with Crippen LogP contribution in [0.3, 0.4) is 0 Å². The van der Waals surface area contributed by atoms with Crippen LogP contribution in [0.25, 0.3) is 0 Å². The van der Waals surface area contributed by atoms with Gasteiger partial charge in [0.05, 0.1) is 24.6 Å². The normalized spacial score (nSPS) is 10.2. The molecule has 35 heavy (non-hydrogen) atoms. The Hall–Kier alpha value is -4.53. The van der Waals surface area contributed by atoms with Crippen molar-refractivity contribution in [3.63, 3.8) is 0 Å². The first-order valence-corrected chi connectivity index (χ1v) is 11.1. The van der Waals surface area contributed by atoms with Crippen molar-refractivity contribution >= 4 is 29.2 Å². The lowest BCUT2D eigenvalue weighted by Crippen LogP contribution is -2.28. The quantitative estimate of drug-likeness (QED) is 0.349. The minimum absolute atomic E-state index is 0.263. The SMILES string of the molecule is CCOc1cc(NC(=O)c2ccc(CNC(N)=O)cc2)c(OCC)cc1NC(=O)c1ccccc1. The number of urea groups is 1. The Bertz CT molecular complexity index is 1180. The van der Waals surface area contributed by atoms with Gasteiger partial charge in [-0.1, -0.05) is 30.3 Å². The molecule has 3 aromatic carbocycles. The van der Waals surface area contributed by atoms with E-state index in [-0.39, 0.29) is 18.4 Å². The lowest BCUT2D eigenvalue weighted by atomic mass is 10.1. The van der Waals surface area contributed by atoms with Gasteiger partial charge in [0, 0.05) is 29.8 Å². The summed E-state index contributed by atoms with van der Waals surface area (Å²) in [6, 6.07) is 18.2. The van der Waals surface area contributed by atoms with E-state index in [2.05, 4.69) is 16.0 Å². The maximum absolute atomic E-state index is 12.9. The van der Waals surface area contributed by atoms with Crippen molar-refractivity contribution in [3.8, 4) is 11.5 Å². The first-order valence-electron chi connectivity index (χ1n) is 11.1. The molecule has 0 spiro atoms. The molecule has 0 aromatic heterocycles. The second kappa shape index (κ2) is 12.1. The van der Waals surface area contributed by atoms with E-state index >= 15 is 0 Å². The molecule has 0 bridgehead atoms. The Morgan fingerprint density at radius 3 is 1.69 bits per heavy atom. The Morgan fingerprint density at radius 1 is 0.743 bits per heavy atom. The molecule has 3 aromatic rings. The minimum Gasteiger partial charge on any atom is -0.492 e. The zero-order chi connectivity index (χ0) is 25.2. The molecule has 0 saturated carbocycles. The van der Waals surface area contributed by atoms with E-state index < -0.39 is 6.03 Å². The van der Waals surface area contributed by atoms with Crippen LogP contribution >= 0.6 is 0 Å². The molecular formula is C26H28N4O5. The summed E-state index contributed by atoms with van der Waals surface area (Å²) in [5.74, 6) is 0.124. The molecule has 5 N–H and O–H groups in total. The van der Waals surface area contributed by atoms with Crippen LogP contribution in [0.5, 0.6) is 11.5 Å². The van der Waals surface area contributed by atoms with E-state index in [0.29, 0.717) is 47.2 Å². The maximum Gasteiger partial charge on any atom is 0.312 e. The average molecular weight is 477 g/mol. The largest absolute Gasteiger partial charge is 0.492 e. The monoisotopic (exact) mass is 476 g/mol. The number of nitrogens with two attached hydrogens (primary N) is 1. The fourth-order valence-electron chi connectivity index (χ4n) is 3.25. The van der Waals surface area contributed by atoms with E-state index in [0.717, 1.165) is 5.56 Å². The molecule has 182 valence electrons. The summed E-state index contributed by atoms with van der Waals surface area (Å²) >= 11 is 0. The van der Waals surface area contributed by atoms with E-state index in [9.17, 15) is 14.4 Å². The average Bonchev–Trinajstić information content (AvgIpc) is 2.86. The van der Waals surface area contributed by atoms with Crippen LogP contribution in [0.15, 0.2) is 66.7 Å². The van der Waals surface area contributed by atoms with Gasteiger partial charge in [-0.05, 0) is 43.7 Å². The Morgan fingerprint density at radius 2 is 1.23 bits per heavy atom. The summed E-state index contributed by atoms with van der Waals surface area (Å²) in [5, 5.41) is 8.20. The predicted octanol–water partition coefficient (Wildman–Crippen LogP) is 4.16. The predicted molar refractivity (Wildman–Crippen MR) is 134 cm³/mol. The maximum atomic E-state index is 12.9. The fourth-order valence-corrected chi connectivity index (χ4v) is 3.25. The smallest absolute Gasteiger partial charge is 0.312 e. The van der Waals surface area contributed by atoms with Crippen LogP contribution in [0.1, 0.15) is 40.1 Å². The van der Waals surface area contributed by atoms with Gasteiger partial charge in [-0.3, -0.25) is 9.59 Å². The van der Waals surface area contributed by atoms with Crippen LogP contribution < -0.4 is 31.2 Å². The number of rotatable bonds is 10. The highest BCUT2D eigenvalue weighted by Crippen LogP contribution is 2.37. The van der Waals surface area contributed by atoms with Crippen LogP contribution in [0, 0.1) is 0 Å². The van der Waals surface area contributed by atoms with Gasteiger partial charge in [0.25, 0.3) is 11.8 Å². The second-order valence-corrected chi connectivity index (χ2v) is 7.40. The van der Waals surface area contributed by atoms with Crippen molar-refractivity contribution in [2.45, 2.75) is 20.4 Å². The molecule has 4 amide bonds. The Balaban J connectivity index is 1.84. The molecule has 0 aliphatic carbocycles. The highest BCUT2D eigenvalue weighted by molar-refractivity contribution is 6.07. The number of primary amides is 1. The van der Waals surface area contributed by atoms with Gasteiger partial charge in [0.1, 0.15) is 11.5 Å². The van der Waals surface area contributed by atoms with Gasteiger partial charge < -0.3 is 31.2 Å². The highest BCUT2D eigenvalue weighted by Gasteiger charge is 2.17. The molecule has 0 radical (unpaired) electrons. The third-order valence-electron chi connectivity index (χ3n) is 4.90. The molecule has 0 fully saturated rings. The van der Waals surface area contributed by atoms with Crippen molar-refractivity contribution in [1.82, 2.24) is 5.32 Å². The van der Waals surface area contributed by atoms with Gasteiger partial charge in [-0.15, -0.1) is 0 Å². The van der Waals surface area contributed by atoms with Crippen LogP contribution in [0.4, 0.5) is 16.2 Å². The molecule has 9 nitrogen and oxygen atoms in total. The number of anilines is 2. The third-order valence-corrected chi connectivity index (χ3v) is 4.90. The number of hydrogen-bond acceptors (Lipinski definition) is 5. The molecule has 0 aliphatic rings. The first-order chi connectivity index (χ1) is 16.9. The number of hydrogen-bond donors (Lipinski definition) is 4. The molecule has 0 heterocycles. The van der Waals surface area contributed by atoms with Crippen molar-refractivity contribution in [1.29, 1.82) is 0 Å². The summed E-state index contributed by atoms with van der Waals surface area (Å²) < 4.78 is 11.5. The lowest BCUT2D eigenvalue weighted by molar-refractivity contribution is 0.101. The summed E-state index contributed by atoms with van der Waals surface area (Å²) in [7, 11) is 0. The fraction of sp³-hybridized carbons (Fsp3) is 0.192. The number of amides is 4. The molecule has 0 unspecified atom stereocenters. The zero-order valence-corrected chi connectivity index (χ0v) is 19.6. The van der Waals surface area contributed by atoms with E-state index in [1.807, 2.05) is 19.9 Å². The zero-order valence-electron chi connectivity index (χ0n) is 19.6. The van der Waals surface area contributed by atoms with Crippen molar-refractivity contribution in [2.24, 2.45) is 5.73 Å². The number of nitrogens with one attached hydrogen (secondary N) is 3. The summed E-state index contributed by atoms with van der Waals surface area (Å²) in [6.07, 6.45) is 0. The summed E-state index contributed by atoms with van der Waals surface area (Å²) in [4.78, 5) is 36.5. The van der Waals surface area contributed by atoms with Crippen molar-refractivity contribution < 1.29 is 23.9 Å². The Labute approximate surface area is 203 Å². The number of carbonyl (C=O) groups is 3. The Kier molecular flexibility index (Phi) is 8.66. The van der Waals surface area contributed by atoms with Crippen molar-refractivity contribution in [3.05, 3.63) is 83.4 Å². The number of ether oxygens (including phenoxy) is 2. The van der Waals surface area contributed by atoms with E-state index in [1.54, 1.807) is 60.7 Å². The van der Waals surface area contributed by atoms with Crippen LogP contribution in [-0.2, 0) is 6.54 Å². The van der Waals surface area contributed by atoms with Crippen LogP contribution in [-0.4, -0.2) is 31.1 Å². The van der Waals surface area contributed by atoms with Gasteiger partial charge in [0.15, 0.2) is 0 Å². The topological polar surface area (TPSA) is 132 Å². The minimum atomic E-state index is -0.621. The van der Waals surface area contributed by atoms with Gasteiger partial charge >= 0.3 is 6.03 Å². The number of carbonyl (C=O) groups excluding carboxylic acids is 3. The highest BCUT2D eigenvalue weighted by atomic mass is 16.5. The van der Waals surface area contributed by atoms with Crippen LogP contribution in [0.2, 0.25) is 0 Å². The van der Waals surface area contributed by atoms with E-state index in [4.69, 9.17) is 15.2 Å². The molecule has 0 atom stereocenters. The molecule has 9 heteroatoms. The summed E-state index contributed by atoms with van der Waals surface area (Å²) in [5.41, 5.74) is 7.62. The third kappa shape index (κ3) is 6.97. The first kappa shape index (κ1) is 25.1. The molecule has 0 aliphatic heterocycles. The molecular weight excluding hydrogens is 448 g/mol. The van der Waals surface area contributed by atoms with Gasteiger partial charge in [-0.25, -0.2) is 4.79 Å². The number of benzene rings is 3. The van der Waals surface area contributed by atoms with E-state index in [1.165, 1.54) is 0 Å². The standard InChI is InChI=1S/C26H28N4O5/c1-3-34-22-15-21(30-25(32)19-12-10-17(11-13-19)16-28-26(27)33)23(35-4-2)14-20(22)29-24(31)18-8-6-5-7-9-18/h5-15H,3-4,16H2,1-2H3,(H,29,31)(H,30,32)(H3,27,28,33). The van der Waals surface area contributed by atoms with Gasteiger partial charge in [-0.2, -0.15) is 0 Å². The summed E-state index contributed by atoms with van der Waals surface area (Å²) in [6.45, 7) is 4.62. The molecule has 3 rings (SSSR count). The lowest BCUT2D eigenvalue weighted by Gasteiger charge is -2.18.